The third-order valence-corrected chi connectivity index (χ3v) is 2.40. The summed E-state index contributed by atoms with van der Waals surface area (Å²) in [5, 5.41) is 0. The molecule has 3 nitrogen and oxygen atoms in total. The van der Waals surface area contributed by atoms with Gasteiger partial charge in [0.25, 0.3) is 0 Å². The van der Waals surface area contributed by atoms with Crippen LogP contribution in [0.5, 0.6) is 0 Å². The van der Waals surface area contributed by atoms with Crippen molar-refractivity contribution < 1.29 is 4.39 Å². The molecule has 1 aromatic heterocycles. The van der Waals surface area contributed by atoms with Crippen molar-refractivity contribution >= 4 is 5.82 Å². The molecule has 2 aromatic rings. The Bertz CT molecular complexity index is 515. The van der Waals surface area contributed by atoms with Gasteiger partial charge in [0.2, 0.25) is 0 Å². The number of hydrogen-bond donors (Lipinski definition) is 1. The Morgan fingerprint density at radius 1 is 1.12 bits per heavy atom. The first kappa shape index (κ1) is 10.5. The molecule has 0 aliphatic rings. The molecule has 0 amide bonds. The van der Waals surface area contributed by atoms with E-state index in [1.807, 2.05) is 19.9 Å². The molecule has 82 valence electrons. The van der Waals surface area contributed by atoms with Crippen LogP contribution in [0.4, 0.5) is 10.2 Å². The molecule has 0 saturated heterocycles. The van der Waals surface area contributed by atoms with Crippen LogP contribution in [0.1, 0.15) is 11.1 Å². The minimum absolute atomic E-state index is 0.244. The van der Waals surface area contributed by atoms with Gasteiger partial charge in [0.15, 0.2) is 0 Å². The van der Waals surface area contributed by atoms with Gasteiger partial charge in [-0.05, 0) is 31.0 Å². The molecule has 2 rings (SSSR count). The summed E-state index contributed by atoms with van der Waals surface area (Å²) >= 11 is 0. The van der Waals surface area contributed by atoms with Crippen molar-refractivity contribution in [2.24, 2.45) is 0 Å². The second-order valence-corrected chi connectivity index (χ2v) is 3.73. The summed E-state index contributed by atoms with van der Waals surface area (Å²) in [6.07, 6.45) is 2.99. The van der Waals surface area contributed by atoms with E-state index in [0.29, 0.717) is 11.3 Å². The van der Waals surface area contributed by atoms with Crippen LogP contribution in [0.25, 0.3) is 11.3 Å². The first-order chi connectivity index (χ1) is 7.59. The van der Waals surface area contributed by atoms with E-state index in [4.69, 9.17) is 5.73 Å². The molecule has 0 unspecified atom stereocenters. The average molecular weight is 217 g/mol. The van der Waals surface area contributed by atoms with Crippen molar-refractivity contribution in [2.75, 3.05) is 5.73 Å². The Balaban J connectivity index is 2.70. The maximum atomic E-state index is 13.9. The SMILES string of the molecule is Cc1cc(C)c(-c2nccnc2N)c(F)c1. The van der Waals surface area contributed by atoms with Crippen LogP contribution >= 0.6 is 0 Å². The number of hydrogen-bond acceptors (Lipinski definition) is 3. The molecule has 1 aromatic carbocycles. The van der Waals surface area contributed by atoms with Crippen LogP contribution in [-0.2, 0) is 0 Å². The fourth-order valence-electron chi connectivity index (χ4n) is 1.76. The molecular formula is C12H12FN3. The fourth-order valence-corrected chi connectivity index (χ4v) is 1.76. The number of rotatable bonds is 1. The van der Waals surface area contributed by atoms with E-state index < -0.39 is 0 Å². The van der Waals surface area contributed by atoms with Crippen molar-refractivity contribution in [2.45, 2.75) is 13.8 Å². The Morgan fingerprint density at radius 3 is 2.44 bits per heavy atom. The fraction of sp³-hybridized carbons (Fsp3) is 0.167. The summed E-state index contributed by atoms with van der Waals surface area (Å²) in [6.45, 7) is 3.68. The van der Waals surface area contributed by atoms with E-state index in [0.717, 1.165) is 11.1 Å². The molecule has 0 aliphatic carbocycles. The molecule has 0 bridgehead atoms. The summed E-state index contributed by atoms with van der Waals surface area (Å²) in [5.41, 5.74) is 8.20. The summed E-state index contributed by atoms with van der Waals surface area (Å²) in [5.74, 6) is -0.0712. The smallest absolute Gasteiger partial charge is 0.150 e. The summed E-state index contributed by atoms with van der Waals surface area (Å²) in [7, 11) is 0. The monoisotopic (exact) mass is 217 g/mol. The van der Waals surface area contributed by atoms with E-state index >= 15 is 0 Å². The molecule has 0 spiro atoms. The number of anilines is 1. The van der Waals surface area contributed by atoms with Gasteiger partial charge >= 0.3 is 0 Å². The minimum atomic E-state index is -0.315. The van der Waals surface area contributed by atoms with Crippen LogP contribution in [0.15, 0.2) is 24.5 Å². The predicted molar refractivity (Wildman–Crippen MR) is 61.3 cm³/mol. The van der Waals surface area contributed by atoms with Crippen LogP contribution in [0.2, 0.25) is 0 Å². The van der Waals surface area contributed by atoms with Gasteiger partial charge in [-0.25, -0.2) is 9.37 Å². The van der Waals surface area contributed by atoms with E-state index in [1.54, 1.807) is 0 Å². The first-order valence-corrected chi connectivity index (χ1v) is 4.93. The van der Waals surface area contributed by atoms with Crippen molar-refractivity contribution in [1.82, 2.24) is 9.97 Å². The Morgan fingerprint density at radius 2 is 1.81 bits per heavy atom. The van der Waals surface area contributed by atoms with Crippen LogP contribution in [0, 0.1) is 19.7 Å². The molecule has 0 fully saturated rings. The minimum Gasteiger partial charge on any atom is -0.382 e. The standard InChI is InChI=1S/C12H12FN3/c1-7-5-8(2)10(9(13)6-7)11-12(14)16-4-3-15-11/h3-6H,1-2H3,(H2,14,16). The Kier molecular flexibility index (Phi) is 2.56. The molecule has 0 aliphatic heterocycles. The summed E-state index contributed by atoms with van der Waals surface area (Å²) in [4.78, 5) is 7.98. The predicted octanol–water partition coefficient (Wildman–Crippen LogP) is 2.48. The zero-order valence-corrected chi connectivity index (χ0v) is 9.16. The molecule has 2 N–H and O–H groups in total. The highest BCUT2D eigenvalue weighted by Gasteiger charge is 2.13. The van der Waals surface area contributed by atoms with Gasteiger partial charge in [-0.15, -0.1) is 0 Å². The lowest BCUT2D eigenvalue weighted by Gasteiger charge is -2.09. The Labute approximate surface area is 93.2 Å². The maximum Gasteiger partial charge on any atom is 0.150 e. The van der Waals surface area contributed by atoms with Crippen molar-refractivity contribution in [3.05, 3.63) is 41.5 Å². The lowest BCUT2D eigenvalue weighted by Crippen LogP contribution is -2.00. The lowest BCUT2D eigenvalue weighted by molar-refractivity contribution is 0.628. The largest absolute Gasteiger partial charge is 0.382 e. The van der Waals surface area contributed by atoms with Gasteiger partial charge in [-0.1, -0.05) is 6.07 Å². The first-order valence-electron chi connectivity index (χ1n) is 4.93. The van der Waals surface area contributed by atoms with E-state index in [-0.39, 0.29) is 11.6 Å². The molecule has 1 heterocycles. The lowest BCUT2D eigenvalue weighted by atomic mass is 10.0. The number of aryl methyl sites for hydroxylation is 2. The van der Waals surface area contributed by atoms with Gasteiger partial charge in [0, 0.05) is 18.0 Å². The van der Waals surface area contributed by atoms with Gasteiger partial charge in [0.05, 0.1) is 0 Å². The van der Waals surface area contributed by atoms with Gasteiger partial charge in [-0.2, -0.15) is 0 Å². The maximum absolute atomic E-state index is 13.9. The molecule has 16 heavy (non-hydrogen) atoms. The van der Waals surface area contributed by atoms with E-state index in [1.165, 1.54) is 18.5 Å². The van der Waals surface area contributed by atoms with Gasteiger partial charge < -0.3 is 5.73 Å². The van der Waals surface area contributed by atoms with Crippen LogP contribution in [0.3, 0.4) is 0 Å². The number of benzene rings is 1. The van der Waals surface area contributed by atoms with Crippen molar-refractivity contribution in [3.63, 3.8) is 0 Å². The zero-order valence-electron chi connectivity index (χ0n) is 9.16. The normalized spacial score (nSPS) is 10.4. The van der Waals surface area contributed by atoms with Gasteiger partial charge in [-0.3, -0.25) is 4.98 Å². The molecule has 0 atom stereocenters. The topological polar surface area (TPSA) is 51.8 Å². The number of nitrogens with two attached hydrogens (primary N) is 1. The molecule has 0 saturated carbocycles. The molecular weight excluding hydrogens is 205 g/mol. The third-order valence-electron chi connectivity index (χ3n) is 2.40. The number of halogens is 1. The molecule has 4 heteroatoms. The van der Waals surface area contributed by atoms with Crippen LogP contribution in [-0.4, -0.2) is 9.97 Å². The van der Waals surface area contributed by atoms with Gasteiger partial charge in [0.1, 0.15) is 17.3 Å². The number of nitrogen functional groups attached to an aromatic ring is 1. The molecule has 0 radical (unpaired) electrons. The Hall–Kier alpha value is -1.97. The quantitative estimate of drug-likeness (QED) is 0.798. The summed E-state index contributed by atoms with van der Waals surface area (Å²) in [6, 6.07) is 3.36. The zero-order chi connectivity index (χ0) is 11.7. The highest BCUT2D eigenvalue weighted by atomic mass is 19.1. The summed E-state index contributed by atoms with van der Waals surface area (Å²) < 4.78 is 13.9. The van der Waals surface area contributed by atoms with E-state index in [9.17, 15) is 4.39 Å². The third kappa shape index (κ3) is 1.74. The van der Waals surface area contributed by atoms with E-state index in [2.05, 4.69) is 9.97 Å². The second kappa shape index (κ2) is 3.89. The number of nitrogens with zero attached hydrogens (tertiary/aromatic N) is 2. The van der Waals surface area contributed by atoms with Crippen LogP contribution < -0.4 is 5.73 Å². The van der Waals surface area contributed by atoms with Crippen molar-refractivity contribution in [3.8, 4) is 11.3 Å². The second-order valence-electron chi connectivity index (χ2n) is 3.73. The highest BCUT2D eigenvalue weighted by molar-refractivity contribution is 5.73. The van der Waals surface area contributed by atoms with Crippen molar-refractivity contribution in [1.29, 1.82) is 0 Å². The number of aromatic nitrogens is 2. The highest BCUT2D eigenvalue weighted by Crippen LogP contribution is 2.28. The average Bonchev–Trinajstić information content (AvgIpc) is 2.19.